The Morgan fingerprint density at radius 2 is 1.97 bits per heavy atom. The molecule has 180 valence electrons. The van der Waals surface area contributed by atoms with Crippen LogP contribution in [0.25, 0.3) is 27.7 Å². The van der Waals surface area contributed by atoms with E-state index in [9.17, 15) is 19.1 Å². The number of rotatable bonds is 5. The Balaban J connectivity index is 1.63. The number of fused-ring (bicyclic) bond motifs is 2. The highest BCUT2D eigenvalue weighted by Gasteiger charge is 2.43. The molecule has 10 heteroatoms. The van der Waals surface area contributed by atoms with E-state index in [-0.39, 0.29) is 28.9 Å². The maximum absolute atomic E-state index is 13.8. The first-order chi connectivity index (χ1) is 16.7. The highest BCUT2D eigenvalue weighted by atomic mass is 19.1. The van der Waals surface area contributed by atoms with Gasteiger partial charge in [0, 0.05) is 35.7 Å². The predicted molar refractivity (Wildman–Crippen MR) is 127 cm³/mol. The highest BCUT2D eigenvalue weighted by molar-refractivity contribution is 6.00. The molecule has 1 fully saturated rings. The number of methoxy groups -OCH3 is 1. The van der Waals surface area contributed by atoms with Crippen molar-refractivity contribution in [3.63, 3.8) is 0 Å². The van der Waals surface area contributed by atoms with Gasteiger partial charge in [-0.25, -0.2) is 14.2 Å². The van der Waals surface area contributed by atoms with Crippen molar-refractivity contribution in [1.82, 2.24) is 19.6 Å². The number of aliphatic carboxylic acids is 1. The third kappa shape index (κ3) is 3.70. The molecule has 0 amide bonds. The molecule has 5 rings (SSSR count). The molecule has 0 aliphatic heterocycles. The summed E-state index contributed by atoms with van der Waals surface area (Å²) in [6.45, 7) is 1.43. The van der Waals surface area contributed by atoms with Crippen LogP contribution < -0.4 is 5.73 Å². The number of nitrogens with zero attached hydrogens (tertiary/aromatic N) is 4. The smallest absolute Gasteiger partial charge is 0.335 e. The summed E-state index contributed by atoms with van der Waals surface area (Å²) in [5, 5.41) is 14.6. The van der Waals surface area contributed by atoms with E-state index in [0.717, 1.165) is 0 Å². The van der Waals surface area contributed by atoms with Gasteiger partial charge in [-0.1, -0.05) is 0 Å². The largest absolute Gasteiger partial charge is 0.479 e. The Hall–Kier alpha value is -3.92. The van der Waals surface area contributed by atoms with Crippen LogP contribution in [0.3, 0.4) is 0 Å². The van der Waals surface area contributed by atoms with Crippen LogP contribution in [0.2, 0.25) is 0 Å². The molecule has 0 spiro atoms. The van der Waals surface area contributed by atoms with Crippen LogP contribution in [0.5, 0.6) is 0 Å². The number of ether oxygens (including phenoxy) is 1. The molecule has 3 aromatic heterocycles. The van der Waals surface area contributed by atoms with Crippen LogP contribution in [0.1, 0.15) is 54.6 Å². The van der Waals surface area contributed by atoms with E-state index in [4.69, 9.17) is 15.5 Å². The molecule has 9 nitrogen and oxygen atoms in total. The Bertz CT molecular complexity index is 1490. The van der Waals surface area contributed by atoms with Crippen molar-refractivity contribution in [3.05, 3.63) is 53.7 Å². The fraction of sp³-hybridized carbons (Fsp3) is 0.320. The number of hydrogen-bond donors (Lipinski definition) is 2. The lowest BCUT2D eigenvalue weighted by atomic mass is 9.76. The van der Waals surface area contributed by atoms with Crippen molar-refractivity contribution >= 4 is 34.1 Å². The Morgan fingerprint density at radius 1 is 1.23 bits per heavy atom. The summed E-state index contributed by atoms with van der Waals surface area (Å²) in [7, 11) is 1.40. The van der Waals surface area contributed by atoms with Crippen LogP contribution >= 0.6 is 0 Å². The first kappa shape index (κ1) is 22.9. The lowest BCUT2D eigenvalue weighted by Crippen LogP contribution is -2.43. The number of halogens is 1. The number of nitrogens with two attached hydrogens (primary N) is 1. The van der Waals surface area contributed by atoms with Gasteiger partial charge in [0.2, 0.25) is 0 Å². The molecule has 1 aromatic carbocycles. The molecule has 0 unspecified atom stereocenters. The van der Waals surface area contributed by atoms with Crippen LogP contribution in [0.4, 0.5) is 10.2 Å². The topological polar surface area (TPSA) is 133 Å². The molecule has 1 aliphatic rings. The molecule has 4 aromatic rings. The molecule has 3 heterocycles. The molecule has 35 heavy (non-hydrogen) atoms. The number of pyridine rings is 1. The maximum atomic E-state index is 13.8. The molecule has 0 bridgehead atoms. The van der Waals surface area contributed by atoms with Crippen LogP contribution in [-0.4, -0.2) is 49.2 Å². The quantitative estimate of drug-likeness (QED) is 0.412. The van der Waals surface area contributed by atoms with Crippen molar-refractivity contribution in [3.8, 4) is 11.1 Å². The normalized spacial score (nSPS) is 20.4. The number of carboxylic acids is 1. The average Bonchev–Trinajstić information content (AvgIpc) is 3.27. The Morgan fingerprint density at radius 3 is 2.63 bits per heavy atom. The summed E-state index contributed by atoms with van der Waals surface area (Å²) in [5.41, 5.74) is 8.41. The molecular weight excluding hydrogens is 453 g/mol. The number of nitrogen functional groups attached to an aromatic ring is 1. The van der Waals surface area contributed by atoms with E-state index in [0.29, 0.717) is 59.1 Å². The van der Waals surface area contributed by atoms with Gasteiger partial charge >= 0.3 is 5.97 Å². The SMILES string of the molecule is CO[C@]1(C(=O)O)CC[C@@H](c2nc3c(-c4cnc5ccc(F)cc5c4)cnn3c(N)c2C(C)=O)CC1. The van der Waals surface area contributed by atoms with E-state index < -0.39 is 11.6 Å². The van der Waals surface area contributed by atoms with Crippen molar-refractivity contribution in [2.75, 3.05) is 12.8 Å². The molecule has 0 atom stereocenters. The van der Waals surface area contributed by atoms with Crippen molar-refractivity contribution in [2.45, 2.75) is 44.1 Å². The lowest BCUT2D eigenvalue weighted by Gasteiger charge is -2.35. The number of anilines is 1. The monoisotopic (exact) mass is 477 g/mol. The number of carbonyl (C=O) groups is 2. The first-order valence-electron chi connectivity index (χ1n) is 11.3. The van der Waals surface area contributed by atoms with Gasteiger partial charge in [0.25, 0.3) is 0 Å². The number of aromatic nitrogens is 4. The lowest BCUT2D eigenvalue weighted by molar-refractivity contribution is -0.166. The Labute approximate surface area is 199 Å². The van der Waals surface area contributed by atoms with Gasteiger partial charge in [0.15, 0.2) is 17.0 Å². The number of carbonyl (C=O) groups excluding carboxylic acids is 1. The summed E-state index contributed by atoms with van der Waals surface area (Å²) in [5.74, 6) is -1.60. The van der Waals surface area contributed by atoms with E-state index in [1.807, 2.05) is 0 Å². The number of carboxylic acid groups (broad SMARTS) is 1. The first-order valence-corrected chi connectivity index (χ1v) is 11.3. The van der Waals surface area contributed by atoms with Crippen molar-refractivity contribution in [1.29, 1.82) is 0 Å². The summed E-state index contributed by atoms with van der Waals surface area (Å²) in [6, 6.07) is 6.18. The third-order valence-electron chi connectivity index (χ3n) is 6.98. The van der Waals surface area contributed by atoms with Gasteiger partial charge in [-0.2, -0.15) is 9.61 Å². The number of hydrogen-bond acceptors (Lipinski definition) is 7. The van der Waals surface area contributed by atoms with Gasteiger partial charge in [-0.15, -0.1) is 0 Å². The van der Waals surface area contributed by atoms with Gasteiger partial charge in [-0.3, -0.25) is 9.78 Å². The predicted octanol–water partition coefficient (Wildman–Crippen LogP) is 4.00. The second-order valence-corrected chi connectivity index (χ2v) is 8.95. The molecular formula is C25H24FN5O4. The van der Waals surface area contributed by atoms with Crippen molar-refractivity contribution in [2.24, 2.45) is 0 Å². The fourth-order valence-corrected chi connectivity index (χ4v) is 5.01. The number of benzene rings is 1. The summed E-state index contributed by atoms with van der Waals surface area (Å²) in [6.07, 6.45) is 4.79. The molecule has 3 N–H and O–H groups in total. The van der Waals surface area contributed by atoms with E-state index in [2.05, 4.69) is 10.1 Å². The zero-order valence-corrected chi connectivity index (χ0v) is 19.3. The van der Waals surface area contributed by atoms with Gasteiger partial charge in [0.05, 0.1) is 23.0 Å². The minimum Gasteiger partial charge on any atom is -0.479 e. The molecule has 0 saturated heterocycles. The third-order valence-corrected chi connectivity index (χ3v) is 6.98. The average molecular weight is 477 g/mol. The molecule has 1 saturated carbocycles. The van der Waals surface area contributed by atoms with Crippen LogP contribution in [0.15, 0.2) is 36.7 Å². The minimum atomic E-state index is -1.24. The van der Waals surface area contributed by atoms with Crippen LogP contribution in [0, 0.1) is 5.82 Å². The van der Waals surface area contributed by atoms with E-state index in [1.165, 1.54) is 30.7 Å². The maximum Gasteiger partial charge on any atom is 0.335 e. The minimum absolute atomic E-state index is 0.171. The van der Waals surface area contributed by atoms with Crippen LogP contribution in [-0.2, 0) is 9.53 Å². The molecule has 0 radical (unpaired) electrons. The summed E-state index contributed by atoms with van der Waals surface area (Å²) < 4.78 is 20.5. The van der Waals surface area contributed by atoms with Gasteiger partial charge in [0.1, 0.15) is 11.6 Å². The van der Waals surface area contributed by atoms with E-state index in [1.54, 1.807) is 24.5 Å². The highest BCUT2D eigenvalue weighted by Crippen LogP contribution is 2.42. The Kier molecular flexibility index (Phi) is 5.47. The summed E-state index contributed by atoms with van der Waals surface area (Å²) in [4.78, 5) is 33.6. The number of Topliss-reactive ketones (excluding diaryl/α,β-unsaturated/α-hetero) is 1. The standard InChI is InChI=1S/C25H24FN5O4/c1-13(32)20-21(14-5-7-25(35-2,8-6-14)24(33)34)30-23-18(12-29-31(23)22(20)27)16-9-15-10-17(26)3-4-19(15)28-11-16/h3-4,9-12,14H,5-8,27H2,1-2H3,(H,33,34)/t14-,25-. The summed E-state index contributed by atoms with van der Waals surface area (Å²) >= 11 is 0. The van der Waals surface area contributed by atoms with Crippen molar-refractivity contribution < 1.29 is 23.8 Å². The van der Waals surface area contributed by atoms with Gasteiger partial charge in [-0.05, 0) is 56.9 Å². The molecule has 1 aliphatic carbocycles. The van der Waals surface area contributed by atoms with E-state index >= 15 is 0 Å². The zero-order valence-electron chi connectivity index (χ0n) is 19.3. The second-order valence-electron chi connectivity index (χ2n) is 8.95. The van der Waals surface area contributed by atoms with Gasteiger partial charge < -0.3 is 15.6 Å². The fourth-order valence-electron chi connectivity index (χ4n) is 5.01. The second kappa shape index (κ2) is 8.38. The number of ketones is 1. The zero-order chi connectivity index (χ0) is 24.9.